The molecule has 4 N–H and O–H groups in total. The molecule has 0 atom stereocenters. The number of ether oxygens (including phenoxy) is 1. The second-order valence-electron chi connectivity index (χ2n) is 6.66. The molecule has 0 spiro atoms. The molecule has 0 unspecified atom stereocenters. The van der Waals surface area contributed by atoms with E-state index in [4.69, 9.17) is 22.7 Å². The molecule has 8 nitrogen and oxygen atoms in total. The van der Waals surface area contributed by atoms with E-state index in [1.54, 1.807) is 12.0 Å². The molecule has 9 heteroatoms. The number of aromatic nitrogens is 2. The van der Waals surface area contributed by atoms with Crippen LogP contribution in [0.5, 0.6) is 5.75 Å². The molecule has 1 heterocycles. The summed E-state index contributed by atoms with van der Waals surface area (Å²) in [7, 11) is 1.62. The third-order valence-corrected chi connectivity index (χ3v) is 4.88. The van der Waals surface area contributed by atoms with Crippen molar-refractivity contribution in [2.45, 2.75) is 46.2 Å². The Labute approximate surface area is 175 Å². The first kappa shape index (κ1) is 22.5. The summed E-state index contributed by atoms with van der Waals surface area (Å²) in [5, 5.41) is 3.55. The first-order chi connectivity index (χ1) is 13.9. The monoisotopic (exact) mass is 419 g/mol. The van der Waals surface area contributed by atoms with Gasteiger partial charge in [0, 0.05) is 19.6 Å². The molecule has 0 amide bonds. The third kappa shape index (κ3) is 5.60. The zero-order chi connectivity index (χ0) is 21.4. The summed E-state index contributed by atoms with van der Waals surface area (Å²) >= 11 is 5.55. The summed E-state index contributed by atoms with van der Waals surface area (Å²) in [4.78, 5) is 28.8. The number of benzene rings is 1. The van der Waals surface area contributed by atoms with Crippen LogP contribution in [0, 0.1) is 0 Å². The van der Waals surface area contributed by atoms with Crippen LogP contribution in [0.4, 0.5) is 11.5 Å². The number of unbranched alkanes of at least 4 members (excludes halogenated alkanes) is 1. The minimum absolute atomic E-state index is 0.134. The van der Waals surface area contributed by atoms with Gasteiger partial charge in [-0.25, -0.2) is 4.79 Å². The molecule has 158 valence electrons. The zero-order valence-electron chi connectivity index (χ0n) is 17.2. The molecule has 0 aliphatic heterocycles. The van der Waals surface area contributed by atoms with Crippen LogP contribution in [-0.4, -0.2) is 28.3 Å². The minimum atomic E-state index is -0.540. The van der Waals surface area contributed by atoms with Crippen molar-refractivity contribution in [2.24, 2.45) is 0 Å². The number of aromatic amines is 1. The topological polar surface area (TPSA) is 105 Å². The molecule has 0 radical (unpaired) electrons. The molecule has 0 aliphatic carbocycles. The van der Waals surface area contributed by atoms with Crippen molar-refractivity contribution in [3.63, 3.8) is 0 Å². The Balaban J connectivity index is 2.28. The summed E-state index contributed by atoms with van der Waals surface area (Å²) < 4.78 is 6.56. The predicted molar refractivity (Wildman–Crippen MR) is 121 cm³/mol. The SMILES string of the molecule is CCCCn1c(N)c(N(CCC)C(=S)NCc2ccc(OC)cc2)c(=O)[nH]c1=O. The number of nitrogen functional groups attached to an aromatic ring is 1. The largest absolute Gasteiger partial charge is 0.497 e. The van der Waals surface area contributed by atoms with Crippen molar-refractivity contribution < 1.29 is 4.74 Å². The molecule has 2 aromatic rings. The number of nitrogens with two attached hydrogens (primary N) is 1. The van der Waals surface area contributed by atoms with E-state index in [1.807, 2.05) is 38.1 Å². The van der Waals surface area contributed by atoms with E-state index in [-0.39, 0.29) is 11.5 Å². The van der Waals surface area contributed by atoms with Crippen molar-refractivity contribution in [1.29, 1.82) is 0 Å². The number of thiocarbonyl (C=S) groups is 1. The van der Waals surface area contributed by atoms with Gasteiger partial charge in [0.2, 0.25) is 0 Å². The minimum Gasteiger partial charge on any atom is -0.497 e. The molecule has 1 aromatic carbocycles. The van der Waals surface area contributed by atoms with Crippen LogP contribution in [0.25, 0.3) is 0 Å². The van der Waals surface area contributed by atoms with Crippen LogP contribution in [0.15, 0.2) is 33.9 Å². The van der Waals surface area contributed by atoms with Gasteiger partial charge >= 0.3 is 5.69 Å². The molecule has 2 rings (SSSR count). The number of H-pyrrole nitrogens is 1. The first-order valence-electron chi connectivity index (χ1n) is 9.73. The van der Waals surface area contributed by atoms with Gasteiger partial charge in [-0.1, -0.05) is 32.4 Å². The smallest absolute Gasteiger partial charge is 0.330 e. The molecule has 0 saturated heterocycles. The van der Waals surface area contributed by atoms with Crippen molar-refractivity contribution in [3.05, 3.63) is 50.7 Å². The Bertz CT molecular complexity index is 937. The third-order valence-electron chi connectivity index (χ3n) is 4.51. The van der Waals surface area contributed by atoms with Crippen LogP contribution < -0.4 is 31.9 Å². The molecule has 1 aromatic heterocycles. The zero-order valence-corrected chi connectivity index (χ0v) is 18.0. The van der Waals surface area contributed by atoms with Crippen LogP contribution >= 0.6 is 12.2 Å². The Kier molecular flexibility index (Phi) is 8.26. The highest BCUT2D eigenvalue weighted by Gasteiger charge is 2.21. The van der Waals surface area contributed by atoms with Gasteiger partial charge in [0.05, 0.1) is 7.11 Å². The molecule has 29 heavy (non-hydrogen) atoms. The predicted octanol–water partition coefficient (Wildman–Crippen LogP) is 2.22. The number of nitrogens with one attached hydrogen (secondary N) is 2. The second-order valence-corrected chi connectivity index (χ2v) is 7.04. The Morgan fingerprint density at radius 3 is 2.52 bits per heavy atom. The number of methoxy groups -OCH3 is 1. The van der Waals surface area contributed by atoms with E-state index in [9.17, 15) is 9.59 Å². The average Bonchev–Trinajstić information content (AvgIpc) is 2.71. The number of hydrogen-bond donors (Lipinski definition) is 3. The van der Waals surface area contributed by atoms with Crippen molar-refractivity contribution >= 4 is 28.8 Å². The number of rotatable bonds is 9. The average molecular weight is 420 g/mol. The summed E-state index contributed by atoms with van der Waals surface area (Å²) in [6.07, 6.45) is 2.43. The van der Waals surface area contributed by atoms with Crippen molar-refractivity contribution in [3.8, 4) is 5.75 Å². The standard InChI is InChI=1S/C20H29N5O3S/c1-4-6-12-25-17(21)16(18(26)23-19(25)27)24(11-5-2)20(29)22-13-14-7-9-15(28-3)10-8-14/h7-10H,4-6,11-13,21H2,1-3H3,(H,22,29)(H,23,26,27). The first-order valence-corrected chi connectivity index (χ1v) is 10.1. The number of hydrogen-bond acceptors (Lipinski definition) is 5. The van der Waals surface area contributed by atoms with Crippen LogP contribution in [0.2, 0.25) is 0 Å². The highest BCUT2D eigenvalue weighted by molar-refractivity contribution is 7.80. The van der Waals surface area contributed by atoms with E-state index >= 15 is 0 Å². The fraction of sp³-hybridized carbons (Fsp3) is 0.450. The summed E-state index contributed by atoms with van der Waals surface area (Å²) in [6.45, 7) is 5.42. The Morgan fingerprint density at radius 1 is 1.24 bits per heavy atom. The lowest BCUT2D eigenvalue weighted by Crippen LogP contribution is -2.45. The molecule has 0 saturated carbocycles. The van der Waals surface area contributed by atoms with E-state index in [0.29, 0.717) is 24.7 Å². The fourth-order valence-corrected chi connectivity index (χ4v) is 3.19. The summed E-state index contributed by atoms with van der Waals surface area (Å²) in [5.74, 6) is 0.909. The lowest BCUT2D eigenvalue weighted by atomic mass is 10.2. The summed E-state index contributed by atoms with van der Waals surface area (Å²) in [6, 6.07) is 7.61. The Morgan fingerprint density at radius 2 is 1.93 bits per heavy atom. The fourth-order valence-electron chi connectivity index (χ4n) is 2.93. The van der Waals surface area contributed by atoms with E-state index in [2.05, 4.69) is 10.3 Å². The molecule has 0 bridgehead atoms. The maximum absolute atomic E-state index is 12.6. The van der Waals surface area contributed by atoms with E-state index in [0.717, 1.165) is 30.6 Å². The van der Waals surface area contributed by atoms with Gasteiger partial charge in [0.15, 0.2) is 10.8 Å². The van der Waals surface area contributed by atoms with Gasteiger partial charge in [-0.2, -0.15) is 0 Å². The lowest BCUT2D eigenvalue weighted by Gasteiger charge is -2.26. The van der Waals surface area contributed by atoms with Gasteiger partial charge in [-0.3, -0.25) is 14.3 Å². The molecular formula is C20H29N5O3S. The molecule has 0 fully saturated rings. The highest BCUT2D eigenvalue weighted by Crippen LogP contribution is 2.18. The second kappa shape index (κ2) is 10.7. The number of anilines is 2. The van der Waals surface area contributed by atoms with Crippen LogP contribution in [0.3, 0.4) is 0 Å². The van der Waals surface area contributed by atoms with Gasteiger partial charge in [0.25, 0.3) is 5.56 Å². The Hall–Kier alpha value is -2.81. The quantitative estimate of drug-likeness (QED) is 0.535. The molecule has 0 aliphatic rings. The van der Waals surface area contributed by atoms with Gasteiger partial charge in [-0.15, -0.1) is 0 Å². The lowest BCUT2D eigenvalue weighted by molar-refractivity contribution is 0.414. The van der Waals surface area contributed by atoms with Crippen LogP contribution in [-0.2, 0) is 13.1 Å². The van der Waals surface area contributed by atoms with E-state index in [1.165, 1.54) is 4.57 Å². The van der Waals surface area contributed by atoms with Crippen molar-refractivity contribution in [1.82, 2.24) is 14.9 Å². The van der Waals surface area contributed by atoms with Crippen molar-refractivity contribution in [2.75, 3.05) is 24.3 Å². The van der Waals surface area contributed by atoms with Gasteiger partial charge in [-0.05, 0) is 42.8 Å². The van der Waals surface area contributed by atoms with Gasteiger partial charge in [0.1, 0.15) is 11.6 Å². The maximum atomic E-state index is 12.6. The highest BCUT2D eigenvalue weighted by atomic mass is 32.1. The maximum Gasteiger partial charge on any atom is 0.330 e. The summed E-state index contributed by atoms with van der Waals surface area (Å²) in [5.41, 5.74) is 6.41. The number of nitrogens with zero attached hydrogens (tertiary/aromatic N) is 2. The molecular weight excluding hydrogens is 390 g/mol. The van der Waals surface area contributed by atoms with Crippen LogP contribution in [0.1, 0.15) is 38.7 Å². The normalized spacial score (nSPS) is 10.6. The van der Waals surface area contributed by atoms with E-state index < -0.39 is 11.2 Å². The van der Waals surface area contributed by atoms with Gasteiger partial charge < -0.3 is 20.7 Å².